The lowest BCUT2D eigenvalue weighted by Gasteiger charge is -2.06. The molecule has 3 unspecified atom stereocenters. The fourth-order valence-corrected chi connectivity index (χ4v) is 3.20. The van der Waals surface area contributed by atoms with Crippen LogP contribution in [0.4, 0.5) is 10.1 Å². The van der Waals surface area contributed by atoms with Crippen LogP contribution in [0.5, 0.6) is 0 Å². The van der Waals surface area contributed by atoms with Crippen molar-refractivity contribution in [3.05, 3.63) is 24.0 Å². The van der Waals surface area contributed by atoms with E-state index in [2.05, 4.69) is 5.32 Å². The summed E-state index contributed by atoms with van der Waals surface area (Å²) in [6, 6.07) is 4.31. The molecule has 2 fully saturated rings. The highest BCUT2D eigenvalue weighted by Gasteiger charge is 2.51. The molecule has 1 amide bonds. The fraction of sp³-hybridized carbons (Fsp3) is 0.500. The van der Waals surface area contributed by atoms with E-state index >= 15 is 0 Å². The molecule has 2 saturated carbocycles. The van der Waals surface area contributed by atoms with Gasteiger partial charge in [0.15, 0.2) is 0 Å². The molecule has 1 aromatic carbocycles. The summed E-state index contributed by atoms with van der Waals surface area (Å²) in [5.74, 6) is 0.857. The Balaban J connectivity index is 1.65. The first-order valence-electron chi connectivity index (χ1n) is 6.50. The van der Waals surface area contributed by atoms with E-state index in [-0.39, 0.29) is 16.7 Å². The van der Waals surface area contributed by atoms with E-state index in [1.165, 1.54) is 31.2 Å². The molecular weight excluding hydrogens is 265 g/mol. The molecule has 0 radical (unpaired) electrons. The SMILES string of the molecule is CS(=O)c1ccc(NC(=O)C2CC2C2CC2)cc1F. The van der Waals surface area contributed by atoms with Gasteiger partial charge in [0.25, 0.3) is 0 Å². The largest absolute Gasteiger partial charge is 0.326 e. The van der Waals surface area contributed by atoms with Crippen molar-refractivity contribution in [2.24, 2.45) is 17.8 Å². The van der Waals surface area contributed by atoms with Crippen molar-refractivity contribution < 1.29 is 13.4 Å². The molecular formula is C14H16FNO2S. The Morgan fingerprint density at radius 2 is 2.16 bits per heavy atom. The van der Waals surface area contributed by atoms with Crippen molar-refractivity contribution >= 4 is 22.4 Å². The number of hydrogen-bond acceptors (Lipinski definition) is 2. The molecule has 0 saturated heterocycles. The van der Waals surface area contributed by atoms with E-state index in [0.29, 0.717) is 11.6 Å². The Morgan fingerprint density at radius 3 is 2.74 bits per heavy atom. The van der Waals surface area contributed by atoms with Crippen LogP contribution in [0.1, 0.15) is 19.3 Å². The lowest BCUT2D eigenvalue weighted by molar-refractivity contribution is -0.117. The van der Waals surface area contributed by atoms with Crippen molar-refractivity contribution in [2.45, 2.75) is 24.2 Å². The van der Waals surface area contributed by atoms with Crippen molar-refractivity contribution in [3.63, 3.8) is 0 Å². The first-order chi connectivity index (χ1) is 9.06. The second kappa shape index (κ2) is 4.71. The minimum atomic E-state index is -1.35. The van der Waals surface area contributed by atoms with Gasteiger partial charge in [0.1, 0.15) is 5.82 Å². The monoisotopic (exact) mass is 281 g/mol. The lowest BCUT2D eigenvalue weighted by Crippen LogP contribution is -2.15. The molecule has 1 N–H and O–H groups in total. The molecule has 102 valence electrons. The third-order valence-corrected chi connectivity index (χ3v) is 4.86. The van der Waals surface area contributed by atoms with Gasteiger partial charge in [0.2, 0.25) is 5.91 Å². The van der Waals surface area contributed by atoms with Gasteiger partial charge in [-0.05, 0) is 49.3 Å². The number of anilines is 1. The summed E-state index contributed by atoms with van der Waals surface area (Å²) in [6.07, 6.45) is 4.90. The zero-order valence-electron chi connectivity index (χ0n) is 10.7. The smallest absolute Gasteiger partial charge is 0.227 e. The van der Waals surface area contributed by atoms with Gasteiger partial charge < -0.3 is 5.32 Å². The Morgan fingerprint density at radius 1 is 1.42 bits per heavy atom. The first-order valence-corrected chi connectivity index (χ1v) is 8.06. The number of nitrogens with one attached hydrogen (secondary N) is 1. The molecule has 0 spiro atoms. The van der Waals surface area contributed by atoms with E-state index in [1.54, 1.807) is 6.07 Å². The highest BCUT2D eigenvalue weighted by atomic mass is 32.2. The zero-order chi connectivity index (χ0) is 13.6. The summed E-state index contributed by atoms with van der Waals surface area (Å²) in [4.78, 5) is 12.1. The quantitative estimate of drug-likeness (QED) is 0.922. The number of benzene rings is 1. The van der Waals surface area contributed by atoms with Gasteiger partial charge in [-0.25, -0.2) is 4.39 Å². The van der Waals surface area contributed by atoms with E-state index in [0.717, 1.165) is 12.3 Å². The van der Waals surface area contributed by atoms with Crippen LogP contribution in [-0.4, -0.2) is 16.4 Å². The van der Waals surface area contributed by atoms with Crippen molar-refractivity contribution in [1.29, 1.82) is 0 Å². The van der Waals surface area contributed by atoms with Gasteiger partial charge in [0.05, 0.1) is 15.7 Å². The summed E-state index contributed by atoms with van der Waals surface area (Å²) in [6.45, 7) is 0. The molecule has 1 aromatic rings. The lowest BCUT2D eigenvalue weighted by atomic mass is 10.2. The normalized spacial score (nSPS) is 26.8. The number of hydrogen-bond donors (Lipinski definition) is 1. The van der Waals surface area contributed by atoms with Gasteiger partial charge >= 0.3 is 0 Å². The highest BCUT2D eigenvalue weighted by molar-refractivity contribution is 7.84. The van der Waals surface area contributed by atoms with E-state index in [4.69, 9.17) is 0 Å². The molecule has 5 heteroatoms. The molecule has 2 aliphatic carbocycles. The minimum Gasteiger partial charge on any atom is -0.326 e. The molecule has 0 heterocycles. The number of carbonyl (C=O) groups excluding carboxylic acids is 1. The minimum absolute atomic E-state index is 0.0123. The predicted octanol–water partition coefficient (Wildman–Crippen LogP) is 2.55. The standard InChI is InChI=1S/C14H16FNO2S/c1-19(18)13-5-4-9(6-12(13)15)16-14(17)11-7-10(11)8-2-3-8/h4-6,8,10-11H,2-3,7H2,1H3,(H,16,17). The van der Waals surface area contributed by atoms with E-state index in [9.17, 15) is 13.4 Å². The number of rotatable bonds is 4. The summed E-state index contributed by atoms with van der Waals surface area (Å²) >= 11 is 0. The van der Waals surface area contributed by atoms with Crippen LogP contribution < -0.4 is 5.32 Å². The summed E-state index contributed by atoms with van der Waals surface area (Å²) in [7, 11) is -1.35. The molecule has 3 nitrogen and oxygen atoms in total. The van der Waals surface area contributed by atoms with Gasteiger partial charge in [-0.3, -0.25) is 9.00 Å². The molecule has 0 aliphatic heterocycles. The summed E-state index contributed by atoms with van der Waals surface area (Å²) in [5, 5.41) is 2.75. The van der Waals surface area contributed by atoms with Crippen molar-refractivity contribution in [1.82, 2.24) is 0 Å². The average Bonchev–Trinajstić information content (AvgIpc) is 3.20. The van der Waals surface area contributed by atoms with Gasteiger partial charge in [-0.1, -0.05) is 0 Å². The molecule has 2 aliphatic rings. The molecule has 0 aromatic heterocycles. The third-order valence-electron chi connectivity index (χ3n) is 3.91. The van der Waals surface area contributed by atoms with E-state index in [1.807, 2.05) is 0 Å². The van der Waals surface area contributed by atoms with Gasteiger partial charge in [-0.15, -0.1) is 0 Å². The fourth-order valence-electron chi connectivity index (χ4n) is 2.61. The Hall–Kier alpha value is -1.23. The van der Waals surface area contributed by atoms with Crippen LogP contribution in [0.15, 0.2) is 23.1 Å². The first kappa shape index (κ1) is 12.8. The summed E-state index contributed by atoms with van der Waals surface area (Å²) < 4.78 is 24.9. The number of amides is 1. The Bertz CT molecular complexity index is 556. The van der Waals surface area contributed by atoms with Crippen LogP contribution in [0.2, 0.25) is 0 Å². The van der Waals surface area contributed by atoms with Crippen LogP contribution in [0.25, 0.3) is 0 Å². The van der Waals surface area contributed by atoms with Crippen molar-refractivity contribution in [2.75, 3.05) is 11.6 Å². The van der Waals surface area contributed by atoms with Gasteiger partial charge in [-0.2, -0.15) is 0 Å². The predicted molar refractivity (Wildman–Crippen MR) is 71.7 cm³/mol. The van der Waals surface area contributed by atoms with Crippen LogP contribution >= 0.6 is 0 Å². The number of halogens is 1. The number of carbonyl (C=O) groups is 1. The average molecular weight is 281 g/mol. The van der Waals surface area contributed by atoms with E-state index < -0.39 is 16.6 Å². The Kier molecular flexibility index (Phi) is 3.17. The van der Waals surface area contributed by atoms with Crippen LogP contribution in [-0.2, 0) is 15.6 Å². The second-order valence-corrected chi connectivity index (χ2v) is 6.78. The molecule has 0 bridgehead atoms. The maximum absolute atomic E-state index is 13.6. The topological polar surface area (TPSA) is 46.2 Å². The third kappa shape index (κ3) is 2.71. The molecule has 3 atom stereocenters. The summed E-state index contributed by atoms with van der Waals surface area (Å²) in [5.41, 5.74) is 0.443. The van der Waals surface area contributed by atoms with Crippen molar-refractivity contribution in [3.8, 4) is 0 Å². The highest BCUT2D eigenvalue weighted by Crippen LogP contribution is 2.54. The molecule has 3 rings (SSSR count). The maximum atomic E-state index is 13.6. The second-order valence-electron chi connectivity index (χ2n) is 5.43. The molecule has 19 heavy (non-hydrogen) atoms. The Labute approximate surface area is 114 Å². The zero-order valence-corrected chi connectivity index (χ0v) is 11.5. The van der Waals surface area contributed by atoms with Crippen LogP contribution in [0.3, 0.4) is 0 Å². The van der Waals surface area contributed by atoms with Crippen LogP contribution in [0, 0.1) is 23.6 Å². The maximum Gasteiger partial charge on any atom is 0.227 e. The van der Waals surface area contributed by atoms with Gasteiger partial charge in [0, 0.05) is 17.9 Å².